The van der Waals surface area contributed by atoms with Gasteiger partial charge in [-0.3, -0.25) is 9.69 Å². The quantitative estimate of drug-likeness (QED) is 0.814. The number of carbonyl (C=O) groups is 1. The van der Waals surface area contributed by atoms with Crippen molar-refractivity contribution in [1.29, 1.82) is 0 Å². The first-order valence-corrected chi connectivity index (χ1v) is 7.94. The molecule has 0 fully saturated rings. The van der Waals surface area contributed by atoms with Crippen molar-refractivity contribution < 1.29 is 9.53 Å². The minimum absolute atomic E-state index is 0.170. The Bertz CT molecular complexity index is 730. The van der Waals surface area contributed by atoms with E-state index in [9.17, 15) is 4.79 Å². The number of hydrogen-bond donors (Lipinski definition) is 0. The highest BCUT2D eigenvalue weighted by Gasteiger charge is 2.22. The predicted molar refractivity (Wildman–Crippen MR) is 87.9 cm³/mol. The Kier molecular flexibility index (Phi) is 3.96. The van der Waals surface area contributed by atoms with E-state index in [1.165, 1.54) is 34.8 Å². The van der Waals surface area contributed by atoms with Crippen LogP contribution in [-0.2, 0) is 35.6 Å². The molecule has 0 radical (unpaired) electrons. The molecule has 1 aromatic heterocycles. The lowest BCUT2D eigenvalue weighted by Gasteiger charge is -2.07. The van der Waals surface area contributed by atoms with Gasteiger partial charge in [-0.1, -0.05) is 6.92 Å². The van der Waals surface area contributed by atoms with Crippen molar-refractivity contribution in [3.8, 4) is 0 Å². The zero-order valence-corrected chi connectivity index (χ0v) is 13.9. The standard InChI is InChI=1S/C18H24N2O2/c1-5-6-20-12(2)15(9-18(21)22-4)16-7-13-10-19(3)11-14(13)8-17(16)20/h7-8H,5-6,9-11H2,1-4H3. The molecule has 0 saturated carbocycles. The van der Waals surface area contributed by atoms with Gasteiger partial charge >= 0.3 is 5.97 Å². The van der Waals surface area contributed by atoms with Crippen molar-refractivity contribution in [3.63, 3.8) is 0 Å². The third kappa shape index (κ3) is 2.41. The zero-order chi connectivity index (χ0) is 15.9. The molecule has 4 heteroatoms. The molecule has 3 rings (SSSR count). The Morgan fingerprint density at radius 1 is 1.27 bits per heavy atom. The van der Waals surface area contributed by atoms with Gasteiger partial charge in [-0.2, -0.15) is 0 Å². The van der Waals surface area contributed by atoms with Gasteiger partial charge in [0.15, 0.2) is 0 Å². The van der Waals surface area contributed by atoms with E-state index in [2.05, 4.69) is 42.5 Å². The molecular formula is C18H24N2O2. The van der Waals surface area contributed by atoms with E-state index in [1.54, 1.807) is 0 Å². The Hall–Kier alpha value is -1.81. The number of ether oxygens (including phenoxy) is 1. The van der Waals surface area contributed by atoms with Crippen molar-refractivity contribution in [2.45, 2.75) is 46.3 Å². The summed E-state index contributed by atoms with van der Waals surface area (Å²) in [7, 11) is 3.60. The summed E-state index contributed by atoms with van der Waals surface area (Å²) >= 11 is 0. The van der Waals surface area contributed by atoms with Crippen LogP contribution in [0, 0.1) is 6.92 Å². The van der Waals surface area contributed by atoms with Crippen molar-refractivity contribution in [2.24, 2.45) is 0 Å². The van der Waals surface area contributed by atoms with Gasteiger partial charge in [-0.25, -0.2) is 0 Å². The maximum Gasteiger partial charge on any atom is 0.310 e. The molecule has 0 atom stereocenters. The smallest absolute Gasteiger partial charge is 0.310 e. The average Bonchev–Trinajstić information content (AvgIpc) is 2.97. The summed E-state index contributed by atoms with van der Waals surface area (Å²) in [6.07, 6.45) is 1.43. The van der Waals surface area contributed by atoms with Crippen molar-refractivity contribution >= 4 is 16.9 Å². The highest BCUT2D eigenvalue weighted by atomic mass is 16.5. The molecule has 2 aromatic rings. The molecule has 1 aliphatic rings. The third-order valence-electron chi connectivity index (χ3n) is 4.65. The lowest BCUT2D eigenvalue weighted by Crippen LogP contribution is -2.07. The molecule has 0 unspecified atom stereocenters. The van der Waals surface area contributed by atoms with Crippen LogP contribution in [0.4, 0.5) is 0 Å². The number of rotatable bonds is 4. The summed E-state index contributed by atoms with van der Waals surface area (Å²) in [5.41, 5.74) is 6.36. The zero-order valence-electron chi connectivity index (χ0n) is 13.9. The Balaban J connectivity index is 2.19. The van der Waals surface area contributed by atoms with E-state index in [4.69, 9.17) is 4.74 Å². The normalized spacial score (nSPS) is 14.5. The van der Waals surface area contributed by atoms with Crippen LogP contribution in [0.25, 0.3) is 10.9 Å². The van der Waals surface area contributed by atoms with Crippen molar-refractivity contribution in [1.82, 2.24) is 9.47 Å². The van der Waals surface area contributed by atoms with Gasteiger partial charge in [0, 0.05) is 36.2 Å². The Morgan fingerprint density at radius 2 is 1.95 bits per heavy atom. The number of nitrogens with zero attached hydrogens (tertiary/aromatic N) is 2. The molecule has 0 N–H and O–H groups in total. The minimum atomic E-state index is -0.170. The van der Waals surface area contributed by atoms with Crippen molar-refractivity contribution in [3.05, 3.63) is 34.5 Å². The predicted octanol–water partition coefficient (Wildman–Crippen LogP) is 3.02. The number of fused-ring (bicyclic) bond motifs is 2. The van der Waals surface area contributed by atoms with Crippen molar-refractivity contribution in [2.75, 3.05) is 14.2 Å². The number of hydrogen-bond acceptors (Lipinski definition) is 3. The molecule has 0 bridgehead atoms. The monoisotopic (exact) mass is 300 g/mol. The minimum Gasteiger partial charge on any atom is -0.469 e. The van der Waals surface area contributed by atoms with Gasteiger partial charge < -0.3 is 9.30 Å². The Morgan fingerprint density at radius 3 is 2.59 bits per heavy atom. The maximum atomic E-state index is 11.8. The van der Waals surface area contributed by atoms with E-state index in [1.807, 2.05) is 0 Å². The molecule has 0 spiro atoms. The third-order valence-corrected chi connectivity index (χ3v) is 4.65. The average molecular weight is 300 g/mol. The summed E-state index contributed by atoms with van der Waals surface area (Å²) in [4.78, 5) is 14.1. The van der Waals surface area contributed by atoms with Crippen LogP contribution in [0.2, 0.25) is 0 Å². The van der Waals surface area contributed by atoms with Crippen LogP contribution in [0.3, 0.4) is 0 Å². The molecular weight excluding hydrogens is 276 g/mol. The molecule has 4 nitrogen and oxygen atoms in total. The van der Waals surface area contributed by atoms with E-state index in [0.29, 0.717) is 6.42 Å². The topological polar surface area (TPSA) is 34.5 Å². The SMILES string of the molecule is CCCn1c(C)c(CC(=O)OC)c2cc3c(cc21)CN(C)C3. The van der Waals surface area contributed by atoms with E-state index < -0.39 is 0 Å². The number of esters is 1. The second-order valence-electron chi connectivity index (χ2n) is 6.28. The molecule has 1 aliphatic heterocycles. The summed E-state index contributed by atoms with van der Waals surface area (Å²) in [6.45, 7) is 7.28. The van der Waals surface area contributed by atoms with Crippen LogP contribution < -0.4 is 0 Å². The molecule has 0 amide bonds. The van der Waals surface area contributed by atoms with Gasteiger partial charge in [0.25, 0.3) is 0 Å². The number of aromatic nitrogens is 1. The molecule has 22 heavy (non-hydrogen) atoms. The lowest BCUT2D eigenvalue weighted by atomic mass is 10.0. The Labute approximate surface area is 131 Å². The van der Waals surface area contributed by atoms with Crippen LogP contribution >= 0.6 is 0 Å². The molecule has 0 aliphatic carbocycles. The second kappa shape index (κ2) is 5.76. The summed E-state index contributed by atoms with van der Waals surface area (Å²) < 4.78 is 7.23. The molecule has 0 saturated heterocycles. The number of aryl methyl sites for hydroxylation is 1. The summed E-state index contributed by atoms with van der Waals surface area (Å²) in [5.74, 6) is -0.170. The van der Waals surface area contributed by atoms with Gasteiger partial charge in [0.05, 0.1) is 13.5 Å². The first kappa shape index (κ1) is 15.1. The first-order chi connectivity index (χ1) is 10.5. The van der Waals surface area contributed by atoms with Crippen LogP contribution in [0.5, 0.6) is 0 Å². The van der Waals surface area contributed by atoms with Crippen LogP contribution in [0.1, 0.15) is 35.7 Å². The van der Waals surface area contributed by atoms with Crippen LogP contribution in [0.15, 0.2) is 12.1 Å². The summed E-state index contributed by atoms with van der Waals surface area (Å²) in [5, 5.41) is 1.21. The fourth-order valence-electron chi connectivity index (χ4n) is 3.56. The first-order valence-electron chi connectivity index (χ1n) is 7.94. The number of carbonyl (C=O) groups excluding carboxylic acids is 1. The molecule has 118 valence electrons. The van der Waals surface area contributed by atoms with Gasteiger partial charge in [0.1, 0.15) is 0 Å². The van der Waals surface area contributed by atoms with E-state index in [0.717, 1.165) is 31.6 Å². The maximum absolute atomic E-state index is 11.8. The molecule has 1 aromatic carbocycles. The second-order valence-corrected chi connectivity index (χ2v) is 6.28. The van der Waals surface area contributed by atoms with Gasteiger partial charge in [0.2, 0.25) is 0 Å². The fourth-order valence-corrected chi connectivity index (χ4v) is 3.56. The number of benzene rings is 1. The van der Waals surface area contributed by atoms with E-state index >= 15 is 0 Å². The molecule has 2 heterocycles. The lowest BCUT2D eigenvalue weighted by molar-refractivity contribution is -0.139. The van der Waals surface area contributed by atoms with E-state index in [-0.39, 0.29) is 5.97 Å². The van der Waals surface area contributed by atoms with Crippen LogP contribution in [-0.4, -0.2) is 29.6 Å². The van der Waals surface area contributed by atoms with Gasteiger partial charge in [-0.05, 0) is 49.2 Å². The summed E-state index contributed by atoms with van der Waals surface area (Å²) in [6, 6.07) is 4.60. The highest BCUT2D eigenvalue weighted by Crippen LogP contribution is 2.33. The fraction of sp³-hybridized carbons (Fsp3) is 0.500. The largest absolute Gasteiger partial charge is 0.469 e. The number of methoxy groups -OCH3 is 1. The highest BCUT2D eigenvalue weighted by molar-refractivity contribution is 5.90. The van der Waals surface area contributed by atoms with Gasteiger partial charge in [-0.15, -0.1) is 0 Å².